The van der Waals surface area contributed by atoms with Crippen LogP contribution in [0.4, 0.5) is 0 Å². The molecule has 0 radical (unpaired) electrons. The highest BCUT2D eigenvalue weighted by Gasteiger charge is 2.57. The molecule has 1 aliphatic carbocycles. The van der Waals surface area contributed by atoms with Gasteiger partial charge in [0.25, 0.3) is 0 Å². The maximum atomic E-state index is 5.31. The summed E-state index contributed by atoms with van der Waals surface area (Å²) in [6.07, 6.45) is 1.95. The van der Waals surface area contributed by atoms with E-state index in [1.807, 2.05) is 6.20 Å². The number of hydrogen-bond donors (Lipinski definition) is 0. The number of fused-ring (bicyclic) bond motifs is 6. The molecule has 3 heterocycles. The van der Waals surface area contributed by atoms with Crippen molar-refractivity contribution in [1.82, 2.24) is 14.4 Å². The minimum Gasteiger partial charge on any atom is -0.296 e. The highest BCUT2D eigenvalue weighted by molar-refractivity contribution is 6.00. The van der Waals surface area contributed by atoms with Gasteiger partial charge in [-0.1, -0.05) is 83.1 Å². The molecule has 0 aliphatic heterocycles. The molecular weight excluding hydrogens is 414 g/mol. The van der Waals surface area contributed by atoms with Crippen molar-refractivity contribution < 1.29 is 0 Å². The molecule has 3 nitrogen and oxygen atoms in total. The highest BCUT2D eigenvalue weighted by Crippen LogP contribution is 2.62. The summed E-state index contributed by atoms with van der Waals surface area (Å²) < 4.78 is 2.43. The first-order valence-electron chi connectivity index (χ1n) is 12.7. The minimum atomic E-state index is -0.0435. The molecule has 0 atom stereocenters. The molecule has 5 rings (SSSR count). The average Bonchev–Trinajstić information content (AvgIpc) is 3.12. The van der Waals surface area contributed by atoms with Crippen LogP contribution in [0.15, 0.2) is 30.5 Å². The molecule has 0 saturated carbocycles. The summed E-state index contributed by atoms with van der Waals surface area (Å²) in [4.78, 5) is 10.1. The number of nitrogens with zero attached hydrogens (tertiary/aromatic N) is 3. The second kappa shape index (κ2) is 6.42. The van der Waals surface area contributed by atoms with E-state index in [4.69, 9.17) is 9.97 Å². The van der Waals surface area contributed by atoms with Gasteiger partial charge in [-0.25, -0.2) is 4.98 Å². The second-order valence-corrected chi connectivity index (χ2v) is 14.2. The van der Waals surface area contributed by atoms with Crippen molar-refractivity contribution in [3.05, 3.63) is 53.0 Å². The maximum absolute atomic E-state index is 5.31. The number of rotatable bonds is 0. The lowest BCUT2D eigenvalue weighted by atomic mass is 9.59. The Hall–Kier alpha value is -2.42. The Morgan fingerprint density at radius 3 is 1.88 bits per heavy atom. The van der Waals surface area contributed by atoms with E-state index in [9.17, 15) is 0 Å². The van der Waals surface area contributed by atoms with Crippen molar-refractivity contribution >= 4 is 27.5 Å². The zero-order valence-corrected chi connectivity index (χ0v) is 23.2. The highest BCUT2D eigenvalue weighted by atomic mass is 15.0. The van der Waals surface area contributed by atoms with E-state index in [1.165, 1.54) is 33.1 Å². The SMILES string of the molecule is CC(C)(C)c1nccc2c1cc(C(C)(C)C)n1c3cc4c(cc3nc21)C(C)(C)C(C)(C)C4(C)C. The van der Waals surface area contributed by atoms with Gasteiger partial charge >= 0.3 is 0 Å². The van der Waals surface area contributed by atoms with Crippen molar-refractivity contribution in [2.24, 2.45) is 5.41 Å². The summed E-state index contributed by atoms with van der Waals surface area (Å²) >= 11 is 0. The molecule has 0 N–H and O–H groups in total. The maximum Gasteiger partial charge on any atom is 0.146 e. The van der Waals surface area contributed by atoms with Crippen LogP contribution in [0.25, 0.3) is 27.5 Å². The molecular formula is C31H41N3. The molecule has 1 aliphatic rings. The zero-order chi connectivity index (χ0) is 25.2. The molecule has 0 spiro atoms. The van der Waals surface area contributed by atoms with Crippen molar-refractivity contribution in [1.29, 1.82) is 0 Å². The van der Waals surface area contributed by atoms with Crippen LogP contribution in [-0.2, 0) is 21.7 Å². The smallest absolute Gasteiger partial charge is 0.146 e. The van der Waals surface area contributed by atoms with Crippen LogP contribution in [-0.4, -0.2) is 14.4 Å². The van der Waals surface area contributed by atoms with E-state index in [-0.39, 0.29) is 27.1 Å². The third-order valence-corrected chi connectivity index (χ3v) is 9.50. The van der Waals surface area contributed by atoms with Gasteiger partial charge in [0.1, 0.15) is 5.65 Å². The van der Waals surface area contributed by atoms with Crippen molar-refractivity contribution in [3.63, 3.8) is 0 Å². The summed E-state index contributed by atoms with van der Waals surface area (Å²) in [6.45, 7) is 28.1. The standard InChI is InChI=1S/C31H41N3/c1-27(2,3)24-15-19-18(13-14-32-25(19)28(4,5)6)26-33-22-16-20-21(17-23(22)34(24)26)30(9,10)31(11,12)29(20,7)8/h13-17H,1-12H3. The summed E-state index contributed by atoms with van der Waals surface area (Å²) in [7, 11) is 0. The molecule has 0 saturated heterocycles. The van der Waals surface area contributed by atoms with Gasteiger partial charge in [-0.05, 0) is 51.6 Å². The topological polar surface area (TPSA) is 30.2 Å². The fraction of sp³-hybridized carbons (Fsp3) is 0.548. The Labute approximate surface area is 205 Å². The van der Waals surface area contributed by atoms with Gasteiger partial charge in [-0.2, -0.15) is 0 Å². The summed E-state index contributed by atoms with van der Waals surface area (Å²) in [5.74, 6) is 0. The van der Waals surface area contributed by atoms with Crippen molar-refractivity contribution in [2.45, 2.75) is 105 Å². The Morgan fingerprint density at radius 1 is 0.735 bits per heavy atom. The van der Waals surface area contributed by atoms with E-state index in [1.54, 1.807) is 0 Å². The first-order chi connectivity index (χ1) is 15.4. The number of benzene rings is 1. The van der Waals surface area contributed by atoms with Crippen molar-refractivity contribution in [2.75, 3.05) is 0 Å². The van der Waals surface area contributed by atoms with E-state index in [0.29, 0.717) is 0 Å². The Kier molecular flexibility index (Phi) is 4.40. The first kappa shape index (κ1) is 23.3. The van der Waals surface area contributed by atoms with E-state index < -0.39 is 0 Å². The quantitative estimate of drug-likeness (QED) is 0.267. The molecule has 0 bridgehead atoms. The third kappa shape index (κ3) is 2.76. The van der Waals surface area contributed by atoms with Crippen LogP contribution >= 0.6 is 0 Å². The van der Waals surface area contributed by atoms with Gasteiger partial charge in [-0.3, -0.25) is 9.38 Å². The van der Waals surface area contributed by atoms with Gasteiger partial charge in [0.2, 0.25) is 0 Å². The predicted molar refractivity (Wildman–Crippen MR) is 145 cm³/mol. The lowest BCUT2D eigenvalue weighted by molar-refractivity contribution is 0.125. The fourth-order valence-corrected chi connectivity index (χ4v) is 6.20. The predicted octanol–water partition coefficient (Wildman–Crippen LogP) is 8.23. The largest absolute Gasteiger partial charge is 0.296 e. The number of imidazole rings is 1. The Morgan fingerprint density at radius 2 is 1.32 bits per heavy atom. The number of pyridine rings is 2. The lowest BCUT2D eigenvalue weighted by Gasteiger charge is -2.44. The monoisotopic (exact) mass is 455 g/mol. The van der Waals surface area contributed by atoms with Gasteiger partial charge in [-0.15, -0.1) is 0 Å². The van der Waals surface area contributed by atoms with Crippen LogP contribution in [0.3, 0.4) is 0 Å². The van der Waals surface area contributed by atoms with Gasteiger partial charge in [0.05, 0.1) is 16.7 Å². The first-order valence-corrected chi connectivity index (χ1v) is 12.7. The van der Waals surface area contributed by atoms with Crippen molar-refractivity contribution in [3.8, 4) is 0 Å². The summed E-state index contributed by atoms with van der Waals surface area (Å²) in [6, 6.07) is 9.36. The second-order valence-electron chi connectivity index (χ2n) is 14.2. The van der Waals surface area contributed by atoms with E-state index in [2.05, 4.69) is 112 Å². The third-order valence-electron chi connectivity index (χ3n) is 9.50. The Balaban J connectivity index is 1.99. The van der Waals surface area contributed by atoms with Crippen LogP contribution in [0, 0.1) is 5.41 Å². The lowest BCUT2D eigenvalue weighted by Crippen LogP contribution is -2.42. The molecule has 34 heavy (non-hydrogen) atoms. The van der Waals surface area contributed by atoms with Crippen LogP contribution in [0.1, 0.15) is 106 Å². The van der Waals surface area contributed by atoms with Crippen LogP contribution < -0.4 is 0 Å². The van der Waals surface area contributed by atoms with E-state index >= 15 is 0 Å². The average molecular weight is 456 g/mol. The Bertz CT molecular complexity index is 1480. The summed E-state index contributed by atoms with van der Waals surface area (Å²) in [5, 5.41) is 2.40. The molecule has 0 unspecified atom stereocenters. The minimum absolute atomic E-state index is 0.0418. The van der Waals surface area contributed by atoms with Gasteiger partial charge in [0.15, 0.2) is 0 Å². The fourth-order valence-electron chi connectivity index (χ4n) is 6.20. The van der Waals surface area contributed by atoms with Crippen LogP contribution in [0.2, 0.25) is 0 Å². The molecule has 1 aromatic carbocycles. The molecule has 0 amide bonds. The normalized spacial score (nSPS) is 19.3. The zero-order valence-electron chi connectivity index (χ0n) is 23.2. The molecule has 3 heteroatoms. The molecule has 4 aromatic rings. The molecule has 180 valence electrons. The molecule has 0 fully saturated rings. The molecule has 3 aromatic heterocycles. The van der Waals surface area contributed by atoms with E-state index in [0.717, 1.165) is 16.9 Å². The van der Waals surface area contributed by atoms with Gasteiger partial charge < -0.3 is 0 Å². The van der Waals surface area contributed by atoms with Crippen LogP contribution in [0.5, 0.6) is 0 Å². The number of hydrogen-bond acceptors (Lipinski definition) is 2. The number of aromatic nitrogens is 3. The van der Waals surface area contributed by atoms with Gasteiger partial charge in [0, 0.05) is 33.5 Å². The summed E-state index contributed by atoms with van der Waals surface area (Å²) in [5.41, 5.74) is 8.85.